The van der Waals surface area contributed by atoms with Gasteiger partial charge >= 0.3 is 5.90 Å². The van der Waals surface area contributed by atoms with Crippen LogP contribution in [0.25, 0.3) is 0 Å². The molecule has 1 fully saturated rings. The van der Waals surface area contributed by atoms with Crippen LogP contribution in [0.15, 0.2) is 66.3 Å². The highest BCUT2D eigenvalue weighted by molar-refractivity contribution is 5.86. The number of benzene rings is 1. The highest BCUT2D eigenvalue weighted by Gasteiger charge is 2.39. The molecule has 0 aromatic heterocycles. The van der Waals surface area contributed by atoms with Gasteiger partial charge in [-0.2, -0.15) is 4.58 Å². The zero-order valence-electron chi connectivity index (χ0n) is 12.9. The summed E-state index contributed by atoms with van der Waals surface area (Å²) >= 11 is 0. The van der Waals surface area contributed by atoms with Gasteiger partial charge in [0.2, 0.25) is 0 Å². The molecular formula is C20H22NO+. The summed E-state index contributed by atoms with van der Waals surface area (Å²) in [7, 11) is 0. The van der Waals surface area contributed by atoms with E-state index >= 15 is 0 Å². The fourth-order valence-corrected chi connectivity index (χ4v) is 3.65. The monoisotopic (exact) mass is 292 g/mol. The molecule has 112 valence electrons. The summed E-state index contributed by atoms with van der Waals surface area (Å²) < 4.78 is 8.57. The van der Waals surface area contributed by atoms with E-state index in [2.05, 4.69) is 65.3 Å². The predicted molar refractivity (Wildman–Crippen MR) is 89.1 cm³/mol. The molecule has 1 aromatic carbocycles. The summed E-state index contributed by atoms with van der Waals surface area (Å²) in [6.07, 6.45) is 14.7. The first kappa shape index (κ1) is 13.6. The van der Waals surface area contributed by atoms with E-state index in [9.17, 15) is 0 Å². The van der Waals surface area contributed by atoms with Crippen LogP contribution in [-0.2, 0) is 11.2 Å². The lowest BCUT2D eigenvalue weighted by Gasteiger charge is -2.36. The first-order valence-corrected chi connectivity index (χ1v) is 8.22. The van der Waals surface area contributed by atoms with Gasteiger partial charge in [0.1, 0.15) is 19.7 Å². The Morgan fingerprint density at radius 2 is 1.86 bits per heavy atom. The summed E-state index contributed by atoms with van der Waals surface area (Å²) in [6.45, 7) is 3.00. The zero-order chi connectivity index (χ0) is 14.8. The minimum absolute atomic E-state index is 0.0146. The van der Waals surface area contributed by atoms with Gasteiger partial charge in [-0.25, -0.2) is 0 Å². The maximum atomic E-state index is 6.19. The lowest BCUT2D eigenvalue weighted by Crippen LogP contribution is -2.37. The maximum Gasteiger partial charge on any atom is 0.362 e. The van der Waals surface area contributed by atoms with Crippen LogP contribution in [0.1, 0.15) is 18.4 Å². The van der Waals surface area contributed by atoms with Crippen molar-refractivity contribution in [3.63, 3.8) is 0 Å². The Morgan fingerprint density at radius 3 is 2.68 bits per heavy atom. The third-order valence-corrected chi connectivity index (χ3v) is 4.91. The van der Waals surface area contributed by atoms with Crippen LogP contribution >= 0.6 is 0 Å². The second-order valence-corrected chi connectivity index (χ2v) is 6.46. The lowest BCUT2D eigenvalue weighted by molar-refractivity contribution is -0.514. The second-order valence-electron chi connectivity index (χ2n) is 6.46. The van der Waals surface area contributed by atoms with Crippen molar-refractivity contribution in [2.75, 3.05) is 19.7 Å². The Balaban J connectivity index is 1.69. The Hall–Kier alpha value is -2.09. The van der Waals surface area contributed by atoms with Crippen LogP contribution in [0.2, 0.25) is 0 Å². The van der Waals surface area contributed by atoms with Crippen molar-refractivity contribution in [3.8, 4) is 0 Å². The lowest BCUT2D eigenvalue weighted by atomic mass is 9.72. The van der Waals surface area contributed by atoms with Crippen LogP contribution < -0.4 is 0 Å². The fraction of sp³-hybridized carbons (Fsp3) is 0.350. The number of hydrogen-bond donors (Lipinski definition) is 0. The predicted octanol–water partition coefficient (Wildman–Crippen LogP) is 3.50. The Labute approximate surface area is 132 Å². The molecule has 0 bridgehead atoms. The zero-order valence-corrected chi connectivity index (χ0v) is 12.9. The average molecular weight is 292 g/mol. The van der Waals surface area contributed by atoms with Gasteiger partial charge in [0.25, 0.3) is 0 Å². The third kappa shape index (κ3) is 2.43. The van der Waals surface area contributed by atoms with Gasteiger partial charge in [-0.1, -0.05) is 54.6 Å². The molecule has 1 aliphatic carbocycles. The van der Waals surface area contributed by atoms with E-state index in [1.807, 2.05) is 0 Å². The molecule has 2 aliphatic heterocycles. The molecule has 0 spiro atoms. The van der Waals surface area contributed by atoms with Crippen LogP contribution in [0.4, 0.5) is 0 Å². The quantitative estimate of drug-likeness (QED) is 0.760. The van der Waals surface area contributed by atoms with Gasteiger partial charge < -0.3 is 4.74 Å². The van der Waals surface area contributed by atoms with Crippen LogP contribution in [-0.4, -0.2) is 30.2 Å². The fourth-order valence-electron chi connectivity index (χ4n) is 3.65. The summed E-state index contributed by atoms with van der Waals surface area (Å²) in [5, 5.41) is 0. The van der Waals surface area contributed by atoms with Crippen molar-refractivity contribution in [3.05, 3.63) is 71.8 Å². The van der Waals surface area contributed by atoms with Gasteiger partial charge in [0.15, 0.2) is 0 Å². The van der Waals surface area contributed by atoms with E-state index in [0.717, 1.165) is 32.0 Å². The Bertz CT molecular complexity index is 673. The van der Waals surface area contributed by atoms with Crippen molar-refractivity contribution in [2.24, 2.45) is 5.41 Å². The molecule has 2 nitrogen and oxygen atoms in total. The molecular weight excluding hydrogens is 270 g/mol. The molecule has 1 saturated heterocycles. The second kappa shape index (κ2) is 5.60. The molecule has 0 amide bonds. The molecule has 4 rings (SSSR count). The van der Waals surface area contributed by atoms with Gasteiger partial charge in [-0.3, -0.25) is 0 Å². The first-order valence-electron chi connectivity index (χ1n) is 8.22. The number of rotatable bonds is 2. The highest BCUT2D eigenvalue weighted by Crippen LogP contribution is 2.39. The van der Waals surface area contributed by atoms with E-state index in [-0.39, 0.29) is 5.41 Å². The summed E-state index contributed by atoms with van der Waals surface area (Å²) in [5.41, 5.74) is 2.73. The average Bonchev–Trinajstić information content (AvgIpc) is 3.10. The molecule has 1 unspecified atom stereocenters. The number of fused-ring (bicyclic) bond motifs is 1. The van der Waals surface area contributed by atoms with Gasteiger partial charge in [0, 0.05) is 12.8 Å². The van der Waals surface area contributed by atoms with Gasteiger partial charge in [0.05, 0.1) is 11.5 Å². The Kier molecular flexibility index (Phi) is 3.45. The molecule has 1 aromatic rings. The summed E-state index contributed by atoms with van der Waals surface area (Å²) in [4.78, 5) is 0. The molecule has 0 N–H and O–H groups in total. The Morgan fingerprint density at radius 1 is 1.05 bits per heavy atom. The minimum atomic E-state index is -0.0146. The van der Waals surface area contributed by atoms with E-state index in [0.29, 0.717) is 0 Å². The largest absolute Gasteiger partial charge is 0.443 e. The third-order valence-electron chi connectivity index (χ3n) is 4.91. The number of ether oxygens (including phenoxy) is 1. The van der Waals surface area contributed by atoms with Crippen LogP contribution in [0.5, 0.6) is 0 Å². The molecule has 0 radical (unpaired) electrons. The van der Waals surface area contributed by atoms with Gasteiger partial charge in [-0.05, 0) is 17.6 Å². The van der Waals surface area contributed by atoms with Gasteiger partial charge in [-0.15, -0.1) is 0 Å². The highest BCUT2D eigenvalue weighted by atomic mass is 16.5. The van der Waals surface area contributed by atoms with Crippen LogP contribution in [0, 0.1) is 5.41 Å². The van der Waals surface area contributed by atoms with Crippen molar-refractivity contribution in [1.82, 2.24) is 0 Å². The molecule has 2 heteroatoms. The first-order chi connectivity index (χ1) is 10.9. The van der Waals surface area contributed by atoms with Crippen molar-refractivity contribution >= 4 is 5.90 Å². The molecule has 0 saturated carbocycles. The summed E-state index contributed by atoms with van der Waals surface area (Å²) in [5.74, 6) is 1.07. The van der Waals surface area contributed by atoms with E-state index in [1.165, 1.54) is 24.0 Å². The van der Waals surface area contributed by atoms with E-state index in [4.69, 9.17) is 4.74 Å². The topological polar surface area (TPSA) is 12.2 Å². The maximum absolute atomic E-state index is 6.19. The van der Waals surface area contributed by atoms with Crippen LogP contribution in [0.3, 0.4) is 0 Å². The molecule has 3 aliphatic rings. The number of allylic oxidation sites excluding steroid dienone is 3. The standard InChI is InChI=1S/C20H22NO/c1-2-8-17(9-3-1)15-20-11-5-4-10-18(20)14-19(22-16-20)21-12-6-7-13-21/h1-5,8-11,14H,6-7,12-13,15-16H2/q+1. The molecule has 1 atom stereocenters. The molecule has 22 heavy (non-hydrogen) atoms. The van der Waals surface area contributed by atoms with Crippen molar-refractivity contribution < 1.29 is 9.31 Å². The number of hydrogen-bond acceptors (Lipinski definition) is 1. The van der Waals surface area contributed by atoms with E-state index < -0.39 is 0 Å². The normalized spacial score (nSPS) is 26.6. The van der Waals surface area contributed by atoms with E-state index in [1.54, 1.807) is 0 Å². The minimum Gasteiger partial charge on any atom is -0.443 e. The molecule has 2 heterocycles. The van der Waals surface area contributed by atoms with Crippen molar-refractivity contribution in [2.45, 2.75) is 19.3 Å². The smallest absolute Gasteiger partial charge is 0.362 e. The number of nitrogens with zero attached hydrogens (tertiary/aromatic N) is 1. The van der Waals surface area contributed by atoms with Crippen molar-refractivity contribution in [1.29, 1.82) is 0 Å². The summed E-state index contributed by atoms with van der Waals surface area (Å²) in [6, 6.07) is 10.7. The SMILES string of the molecule is C1=CC2=CC(=[N+]3CCCC3)OCC2(Cc2ccccc2)C=C1.